The predicted molar refractivity (Wildman–Crippen MR) is 93.6 cm³/mol. The summed E-state index contributed by atoms with van der Waals surface area (Å²) in [5.74, 6) is 1.78. The zero-order chi connectivity index (χ0) is 16.1. The number of hydrogen-bond acceptors (Lipinski definition) is 4. The number of pyridine rings is 1. The maximum Gasteiger partial charge on any atom is 0.169 e. The third kappa shape index (κ3) is 3.81. The lowest BCUT2D eigenvalue weighted by Gasteiger charge is -2.14. The molecule has 2 aromatic carbocycles. The molecule has 0 fully saturated rings. The van der Waals surface area contributed by atoms with Crippen molar-refractivity contribution in [3.8, 4) is 17.2 Å². The van der Waals surface area contributed by atoms with Crippen molar-refractivity contribution in [3.63, 3.8) is 0 Å². The Kier molecular flexibility index (Phi) is 4.78. The molecule has 23 heavy (non-hydrogen) atoms. The number of aromatic nitrogens is 1. The summed E-state index contributed by atoms with van der Waals surface area (Å²) in [6, 6.07) is 17.5. The monoisotopic (exact) mass is 370 g/mol. The number of benzene rings is 2. The van der Waals surface area contributed by atoms with Crippen LogP contribution in [-0.4, -0.2) is 4.98 Å². The van der Waals surface area contributed by atoms with Crippen molar-refractivity contribution < 1.29 is 9.47 Å². The minimum Gasteiger partial charge on any atom is -0.485 e. The average molecular weight is 371 g/mol. The van der Waals surface area contributed by atoms with Gasteiger partial charge >= 0.3 is 0 Å². The standard InChI is InChI=1S/C18H15BrN2O2/c19-14-10-21-11-15(20)18(14)23-17-9-5-4-8-16(17)22-12-13-6-2-1-3-7-13/h1-11H,12,20H2. The van der Waals surface area contributed by atoms with Crippen LogP contribution in [0.5, 0.6) is 17.2 Å². The molecular formula is C18H15BrN2O2. The molecular weight excluding hydrogens is 356 g/mol. The van der Waals surface area contributed by atoms with Crippen molar-refractivity contribution >= 4 is 21.6 Å². The van der Waals surface area contributed by atoms with E-state index in [0.717, 1.165) is 5.56 Å². The highest BCUT2D eigenvalue weighted by Gasteiger charge is 2.11. The van der Waals surface area contributed by atoms with Gasteiger partial charge in [-0.25, -0.2) is 0 Å². The molecule has 0 spiro atoms. The van der Waals surface area contributed by atoms with Crippen molar-refractivity contribution in [1.82, 2.24) is 4.98 Å². The zero-order valence-corrected chi connectivity index (χ0v) is 13.9. The Bertz CT molecular complexity index is 774. The molecule has 5 heteroatoms. The van der Waals surface area contributed by atoms with E-state index in [9.17, 15) is 0 Å². The molecule has 0 saturated heterocycles. The highest BCUT2D eigenvalue weighted by Crippen LogP contribution is 2.38. The molecule has 0 radical (unpaired) electrons. The minimum atomic E-state index is 0.456. The van der Waals surface area contributed by atoms with Gasteiger partial charge in [-0.1, -0.05) is 42.5 Å². The first-order valence-corrected chi connectivity index (χ1v) is 7.86. The summed E-state index contributed by atoms with van der Waals surface area (Å²) in [6.07, 6.45) is 3.19. The van der Waals surface area contributed by atoms with Crippen LogP contribution >= 0.6 is 15.9 Å². The number of anilines is 1. The van der Waals surface area contributed by atoms with Crippen molar-refractivity contribution in [2.24, 2.45) is 0 Å². The Balaban J connectivity index is 1.81. The number of ether oxygens (including phenoxy) is 2. The second-order valence-electron chi connectivity index (χ2n) is 4.86. The first-order chi connectivity index (χ1) is 11.2. The van der Waals surface area contributed by atoms with Crippen LogP contribution < -0.4 is 15.2 Å². The lowest BCUT2D eigenvalue weighted by molar-refractivity contribution is 0.291. The van der Waals surface area contributed by atoms with Crippen LogP contribution in [0.25, 0.3) is 0 Å². The second-order valence-corrected chi connectivity index (χ2v) is 5.72. The van der Waals surface area contributed by atoms with Crippen LogP contribution in [0.2, 0.25) is 0 Å². The van der Waals surface area contributed by atoms with E-state index in [1.165, 1.54) is 0 Å². The van der Waals surface area contributed by atoms with Crippen LogP contribution in [0.3, 0.4) is 0 Å². The Morgan fingerprint density at radius 1 is 0.913 bits per heavy atom. The lowest BCUT2D eigenvalue weighted by Crippen LogP contribution is -1.99. The summed E-state index contributed by atoms with van der Waals surface area (Å²) >= 11 is 3.40. The fourth-order valence-corrected chi connectivity index (χ4v) is 2.47. The van der Waals surface area contributed by atoms with Gasteiger partial charge in [-0.05, 0) is 33.6 Å². The normalized spacial score (nSPS) is 10.3. The number of nitrogens with zero attached hydrogens (tertiary/aromatic N) is 1. The van der Waals surface area contributed by atoms with E-state index in [4.69, 9.17) is 15.2 Å². The van der Waals surface area contributed by atoms with Gasteiger partial charge in [0.25, 0.3) is 0 Å². The molecule has 0 unspecified atom stereocenters. The number of nitrogen functional groups attached to an aromatic ring is 1. The van der Waals surface area contributed by atoms with Gasteiger partial charge < -0.3 is 15.2 Å². The summed E-state index contributed by atoms with van der Waals surface area (Å²) in [4.78, 5) is 4.00. The van der Waals surface area contributed by atoms with Gasteiger partial charge in [0.2, 0.25) is 0 Å². The van der Waals surface area contributed by atoms with Crippen molar-refractivity contribution in [2.75, 3.05) is 5.73 Å². The highest BCUT2D eigenvalue weighted by atomic mass is 79.9. The molecule has 0 atom stereocenters. The Hall–Kier alpha value is -2.53. The van der Waals surface area contributed by atoms with Crippen LogP contribution in [0.1, 0.15) is 5.56 Å². The Morgan fingerprint density at radius 2 is 1.61 bits per heavy atom. The third-order valence-corrected chi connectivity index (χ3v) is 3.74. The number of hydrogen-bond donors (Lipinski definition) is 1. The van der Waals surface area contributed by atoms with Crippen LogP contribution in [0.4, 0.5) is 5.69 Å². The molecule has 116 valence electrons. The van der Waals surface area contributed by atoms with Gasteiger partial charge in [-0.3, -0.25) is 4.98 Å². The first kappa shape index (κ1) is 15.4. The predicted octanol–water partition coefficient (Wildman–Crippen LogP) is 4.80. The molecule has 0 bridgehead atoms. The van der Waals surface area contributed by atoms with E-state index in [2.05, 4.69) is 20.9 Å². The molecule has 3 rings (SSSR count). The zero-order valence-electron chi connectivity index (χ0n) is 12.3. The maximum atomic E-state index is 5.93. The fraction of sp³-hybridized carbons (Fsp3) is 0.0556. The largest absolute Gasteiger partial charge is 0.485 e. The van der Waals surface area contributed by atoms with Crippen LogP contribution in [0.15, 0.2) is 71.5 Å². The molecule has 0 amide bonds. The van der Waals surface area contributed by atoms with Gasteiger partial charge in [0.05, 0.1) is 16.4 Å². The highest BCUT2D eigenvalue weighted by molar-refractivity contribution is 9.10. The molecule has 0 saturated carbocycles. The maximum absolute atomic E-state index is 5.93. The molecule has 4 nitrogen and oxygen atoms in total. The molecule has 0 aliphatic carbocycles. The van der Waals surface area contributed by atoms with E-state index < -0.39 is 0 Å². The summed E-state index contributed by atoms with van der Waals surface area (Å²) in [5.41, 5.74) is 7.47. The second kappa shape index (κ2) is 7.15. The lowest BCUT2D eigenvalue weighted by atomic mass is 10.2. The number of halogens is 1. The topological polar surface area (TPSA) is 57.4 Å². The minimum absolute atomic E-state index is 0.456. The van der Waals surface area contributed by atoms with Gasteiger partial charge in [0.1, 0.15) is 6.61 Å². The van der Waals surface area contributed by atoms with Gasteiger partial charge in [0, 0.05) is 6.20 Å². The van der Waals surface area contributed by atoms with Gasteiger partial charge in [-0.15, -0.1) is 0 Å². The third-order valence-electron chi connectivity index (χ3n) is 3.18. The van der Waals surface area contributed by atoms with E-state index >= 15 is 0 Å². The van der Waals surface area contributed by atoms with Crippen molar-refractivity contribution in [3.05, 3.63) is 77.0 Å². The van der Waals surface area contributed by atoms with Crippen LogP contribution in [0, 0.1) is 0 Å². The van der Waals surface area contributed by atoms with E-state index in [1.807, 2.05) is 54.6 Å². The number of para-hydroxylation sites is 2. The molecule has 2 N–H and O–H groups in total. The molecule has 3 aromatic rings. The summed E-state index contributed by atoms with van der Waals surface area (Å²) < 4.78 is 12.5. The van der Waals surface area contributed by atoms with Crippen LogP contribution in [-0.2, 0) is 6.61 Å². The molecule has 1 heterocycles. The summed E-state index contributed by atoms with van der Waals surface area (Å²) in [6.45, 7) is 0.466. The van der Waals surface area contributed by atoms with E-state index in [1.54, 1.807) is 12.4 Å². The van der Waals surface area contributed by atoms with E-state index in [-0.39, 0.29) is 0 Å². The molecule has 1 aromatic heterocycles. The number of rotatable bonds is 5. The Morgan fingerprint density at radius 3 is 2.35 bits per heavy atom. The first-order valence-electron chi connectivity index (χ1n) is 7.06. The molecule has 0 aliphatic heterocycles. The van der Waals surface area contributed by atoms with Crippen molar-refractivity contribution in [1.29, 1.82) is 0 Å². The number of nitrogens with two attached hydrogens (primary N) is 1. The van der Waals surface area contributed by atoms with Gasteiger partial charge in [0.15, 0.2) is 17.2 Å². The Labute approximate surface area is 143 Å². The van der Waals surface area contributed by atoms with Gasteiger partial charge in [-0.2, -0.15) is 0 Å². The summed E-state index contributed by atoms with van der Waals surface area (Å²) in [5, 5.41) is 0. The molecule has 0 aliphatic rings. The van der Waals surface area contributed by atoms with Crippen molar-refractivity contribution in [2.45, 2.75) is 6.61 Å². The SMILES string of the molecule is Nc1cncc(Br)c1Oc1ccccc1OCc1ccccc1. The summed E-state index contributed by atoms with van der Waals surface area (Å²) in [7, 11) is 0. The smallest absolute Gasteiger partial charge is 0.169 e. The average Bonchev–Trinajstić information content (AvgIpc) is 2.58. The quantitative estimate of drug-likeness (QED) is 0.700. The fourth-order valence-electron chi connectivity index (χ4n) is 2.04. The van der Waals surface area contributed by atoms with E-state index in [0.29, 0.717) is 34.0 Å².